The lowest BCUT2D eigenvalue weighted by atomic mass is 9.44. The van der Waals surface area contributed by atoms with Crippen LogP contribution in [0.3, 0.4) is 0 Å². The third-order valence-corrected chi connectivity index (χ3v) is 11.4. The third-order valence-electron chi connectivity index (χ3n) is 11.4. The van der Waals surface area contributed by atoms with E-state index in [0.29, 0.717) is 6.42 Å². The Morgan fingerprint density at radius 1 is 1.12 bits per heavy atom. The minimum atomic E-state index is -1.58. The molecule has 6 rings (SSSR count). The fraction of sp³-hybridized carbons (Fsp3) is 0.677. The molecule has 1 spiro atoms. The molecule has 3 heterocycles. The van der Waals surface area contributed by atoms with Gasteiger partial charge < -0.3 is 33.2 Å². The lowest BCUT2D eigenvalue weighted by molar-refractivity contribution is -0.251. The summed E-state index contributed by atoms with van der Waals surface area (Å²) >= 11 is 0. The van der Waals surface area contributed by atoms with Crippen LogP contribution in [0.1, 0.15) is 65.9 Å². The van der Waals surface area contributed by atoms with Crippen LogP contribution in [0.4, 0.5) is 0 Å². The predicted octanol–water partition coefficient (Wildman–Crippen LogP) is 2.84. The highest BCUT2D eigenvalue weighted by Gasteiger charge is 2.91. The van der Waals surface area contributed by atoms with Gasteiger partial charge in [-0.2, -0.15) is 0 Å². The summed E-state index contributed by atoms with van der Waals surface area (Å²) in [7, 11) is 1.26. The van der Waals surface area contributed by atoms with E-state index in [1.54, 1.807) is 26.4 Å². The number of methoxy groups -OCH3 is 1. The average molecular weight is 587 g/mol. The molecule has 0 radical (unpaired) electrons. The van der Waals surface area contributed by atoms with Gasteiger partial charge >= 0.3 is 17.9 Å². The van der Waals surface area contributed by atoms with Crippen LogP contribution in [-0.4, -0.2) is 72.0 Å². The van der Waals surface area contributed by atoms with Gasteiger partial charge in [0.1, 0.15) is 35.8 Å². The summed E-state index contributed by atoms with van der Waals surface area (Å²) in [6.45, 7) is 9.49. The van der Waals surface area contributed by atoms with Crippen LogP contribution < -0.4 is 0 Å². The minimum Gasteiger partial charge on any atom is -0.490 e. The van der Waals surface area contributed by atoms with Crippen molar-refractivity contribution in [1.29, 1.82) is 0 Å². The second-order valence-electron chi connectivity index (χ2n) is 13.4. The first-order valence-corrected chi connectivity index (χ1v) is 14.3. The smallest absolute Gasteiger partial charge is 0.305 e. The van der Waals surface area contributed by atoms with Crippen molar-refractivity contribution in [3.8, 4) is 0 Å². The summed E-state index contributed by atoms with van der Waals surface area (Å²) in [5.41, 5.74) is -5.25. The average Bonchev–Trinajstić information content (AvgIpc) is 3.18. The Kier molecular flexibility index (Phi) is 6.14. The quantitative estimate of drug-likeness (QED) is 0.298. The Morgan fingerprint density at radius 3 is 2.43 bits per heavy atom. The summed E-state index contributed by atoms with van der Waals surface area (Å²) in [5, 5.41) is 12.8. The molecular weight excluding hydrogens is 548 g/mol. The van der Waals surface area contributed by atoms with Gasteiger partial charge in [-0.1, -0.05) is 13.8 Å². The number of hydrogen-bond acceptors (Lipinski definition) is 11. The molecule has 42 heavy (non-hydrogen) atoms. The fourth-order valence-corrected chi connectivity index (χ4v) is 9.67. The Hall–Kier alpha value is -3.18. The molecule has 11 atom stereocenters. The molecule has 3 aliphatic carbocycles. The van der Waals surface area contributed by atoms with Gasteiger partial charge in [-0.15, -0.1) is 0 Å². The van der Waals surface area contributed by atoms with Crippen LogP contribution in [-0.2, 0) is 42.9 Å². The molecule has 11 unspecified atom stereocenters. The van der Waals surface area contributed by atoms with Crippen molar-refractivity contribution >= 4 is 23.7 Å². The first-order valence-electron chi connectivity index (χ1n) is 14.3. The topological polar surface area (TPSA) is 151 Å². The van der Waals surface area contributed by atoms with Gasteiger partial charge in [0.05, 0.1) is 37.6 Å². The second-order valence-corrected chi connectivity index (χ2v) is 13.4. The molecule has 2 saturated carbocycles. The number of rotatable bonds is 6. The van der Waals surface area contributed by atoms with Crippen molar-refractivity contribution in [2.45, 2.75) is 89.8 Å². The Bertz CT molecular complexity index is 1380. The molecule has 1 N–H and O–H groups in total. The monoisotopic (exact) mass is 586 g/mol. The molecule has 11 nitrogen and oxygen atoms in total. The summed E-state index contributed by atoms with van der Waals surface area (Å²) in [6.07, 6.45) is 2.86. The molecule has 11 heteroatoms. The van der Waals surface area contributed by atoms with Crippen molar-refractivity contribution in [1.82, 2.24) is 0 Å². The number of esters is 3. The maximum absolute atomic E-state index is 13.8. The van der Waals surface area contributed by atoms with E-state index in [1.165, 1.54) is 27.0 Å². The van der Waals surface area contributed by atoms with Gasteiger partial charge in [-0.25, -0.2) is 0 Å². The van der Waals surface area contributed by atoms with Crippen molar-refractivity contribution in [2.75, 3.05) is 13.7 Å². The first-order chi connectivity index (χ1) is 19.6. The highest BCUT2D eigenvalue weighted by atomic mass is 16.6. The van der Waals surface area contributed by atoms with Crippen LogP contribution in [0.2, 0.25) is 0 Å². The molecule has 1 aromatic rings. The molecule has 0 aromatic carbocycles. The van der Waals surface area contributed by atoms with Gasteiger partial charge in [0, 0.05) is 42.6 Å². The Balaban J connectivity index is 1.55. The number of allylic oxidation sites excluding steroid dienone is 2. The number of ether oxygens (including phenoxy) is 5. The van der Waals surface area contributed by atoms with Crippen molar-refractivity contribution in [3.63, 3.8) is 0 Å². The Labute approximate surface area is 243 Å². The molecule has 228 valence electrons. The van der Waals surface area contributed by atoms with E-state index in [1.807, 2.05) is 19.9 Å². The van der Waals surface area contributed by atoms with E-state index in [4.69, 9.17) is 28.1 Å². The van der Waals surface area contributed by atoms with Gasteiger partial charge in [-0.05, 0) is 37.8 Å². The highest BCUT2D eigenvalue weighted by Crippen LogP contribution is 2.79. The number of furan rings is 1. The highest BCUT2D eigenvalue weighted by molar-refractivity contribution is 5.97. The van der Waals surface area contributed by atoms with Crippen molar-refractivity contribution in [2.24, 2.45) is 28.1 Å². The summed E-state index contributed by atoms with van der Waals surface area (Å²) in [6, 6.07) is 1.87. The maximum atomic E-state index is 13.8. The van der Waals surface area contributed by atoms with E-state index in [0.717, 1.165) is 5.56 Å². The minimum absolute atomic E-state index is 0.193. The molecular formula is C31H38O11. The predicted molar refractivity (Wildman–Crippen MR) is 142 cm³/mol. The van der Waals surface area contributed by atoms with Gasteiger partial charge in [-0.3, -0.25) is 19.2 Å². The number of epoxide rings is 1. The van der Waals surface area contributed by atoms with Crippen LogP contribution in [0.15, 0.2) is 34.8 Å². The molecule has 1 aromatic heterocycles. The van der Waals surface area contributed by atoms with Crippen LogP contribution in [0.25, 0.3) is 0 Å². The van der Waals surface area contributed by atoms with Crippen LogP contribution in [0, 0.1) is 28.1 Å². The zero-order chi connectivity index (χ0) is 30.6. The summed E-state index contributed by atoms with van der Waals surface area (Å²) in [4.78, 5) is 51.2. The van der Waals surface area contributed by atoms with Crippen molar-refractivity contribution < 1.29 is 52.4 Å². The van der Waals surface area contributed by atoms with Gasteiger partial charge in [0.25, 0.3) is 0 Å². The van der Waals surface area contributed by atoms with E-state index >= 15 is 0 Å². The largest absolute Gasteiger partial charge is 0.490 e. The Morgan fingerprint density at radius 2 is 1.83 bits per heavy atom. The molecule has 4 fully saturated rings. The van der Waals surface area contributed by atoms with E-state index in [9.17, 15) is 24.3 Å². The molecule has 2 saturated heterocycles. The molecule has 5 aliphatic rings. The molecule has 2 aliphatic heterocycles. The third kappa shape index (κ3) is 3.35. The number of ketones is 1. The maximum Gasteiger partial charge on any atom is 0.305 e. The van der Waals surface area contributed by atoms with Crippen LogP contribution >= 0.6 is 0 Å². The lowest BCUT2D eigenvalue weighted by Gasteiger charge is -2.60. The number of aliphatic hydroxyl groups is 1. The second kappa shape index (κ2) is 8.92. The normalized spacial score (nSPS) is 46.3. The van der Waals surface area contributed by atoms with Crippen LogP contribution in [0.5, 0.6) is 0 Å². The lowest BCUT2D eigenvalue weighted by Crippen LogP contribution is -2.73. The van der Waals surface area contributed by atoms with Gasteiger partial charge in [0.2, 0.25) is 0 Å². The number of fused-ring (bicyclic) bond motifs is 3. The van der Waals surface area contributed by atoms with Gasteiger partial charge in [0.15, 0.2) is 5.78 Å². The summed E-state index contributed by atoms with van der Waals surface area (Å²) in [5.74, 6) is -3.55. The zero-order valence-corrected chi connectivity index (χ0v) is 24.9. The zero-order valence-electron chi connectivity index (χ0n) is 24.9. The van der Waals surface area contributed by atoms with E-state index in [-0.39, 0.29) is 36.6 Å². The van der Waals surface area contributed by atoms with Crippen molar-refractivity contribution in [3.05, 3.63) is 36.0 Å². The number of hydrogen-bond donors (Lipinski definition) is 1. The fourth-order valence-electron chi connectivity index (χ4n) is 9.67. The summed E-state index contributed by atoms with van der Waals surface area (Å²) < 4.78 is 35.0. The SMILES string of the molecule is COC(=O)CC1C(C)(COC(C)=O)C(=O)C=C2OC3C(C21C)C(C)(O)C12OC1CC(c1ccoc1)C2(C)C3OC(C)=O. The number of carbonyl (C=O) groups is 4. The first kappa shape index (κ1) is 28.9. The molecule has 0 bridgehead atoms. The standard InChI is InChI=1S/C31H38O11/c1-15(32)39-14-27(3)19(11-23(35)37-7)28(4)21(12-20(27)34)41-24-25(28)30(6,36)31-22(42-31)10-18(17-8-9-38-13-17)29(31,5)26(24)40-16(2)33/h8-9,12-13,18-19,22,24-26,36H,10-11,14H2,1-7H3. The van der Waals surface area contributed by atoms with E-state index < -0.39 is 69.4 Å². The number of carbonyl (C=O) groups excluding carboxylic acids is 4. The molecule has 0 amide bonds. The van der Waals surface area contributed by atoms with E-state index in [2.05, 4.69) is 0 Å².